The van der Waals surface area contributed by atoms with Gasteiger partial charge in [0.1, 0.15) is 6.04 Å². The number of carboxylic acid groups (broad SMARTS) is 1. The molecular formula is C12H19N3O2S. The number of aliphatic carboxylic acids is 1. The molecular weight excluding hydrogens is 250 g/mol. The highest BCUT2D eigenvalue weighted by molar-refractivity contribution is 7.98. The van der Waals surface area contributed by atoms with E-state index in [9.17, 15) is 4.79 Å². The normalized spacial score (nSPS) is 14.2. The lowest BCUT2D eigenvalue weighted by Gasteiger charge is -2.20. The van der Waals surface area contributed by atoms with Crippen LogP contribution in [0.25, 0.3) is 0 Å². The Labute approximate surface area is 111 Å². The molecule has 0 radical (unpaired) electrons. The summed E-state index contributed by atoms with van der Waals surface area (Å²) in [7, 11) is 0. The lowest BCUT2D eigenvalue weighted by molar-refractivity contribution is -0.140. The van der Waals surface area contributed by atoms with E-state index in [0.717, 1.165) is 17.1 Å². The Morgan fingerprint density at radius 3 is 2.56 bits per heavy atom. The van der Waals surface area contributed by atoms with Gasteiger partial charge in [-0.05, 0) is 12.2 Å². The van der Waals surface area contributed by atoms with Crippen molar-refractivity contribution in [1.29, 1.82) is 0 Å². The molecule has 2 atom stereocenters. The second kappa shape index (κ2) is 7.33. The summed E-state index contributed by atoms with van der Waals surface area (Å²) in [5.41, 5.74) is 0.891. The SMILES string of the molecule is CC[C@H](C)[C@H](NCc1cnc(SC)nc1)C(=O)O. The molecule has 1 aromatic heterocycles. The minimum Gasteiger partial charge on any atom is -0.480 e. The minimum absolute atomic E-state index is 0.0916. The Hall–Kier alpha value is -1.14. The predicted molar refractivity (Wildman–Crippen MR) is 71.5 cm³/mol. The van der Waals surface area contributed by atoms with Crippen LogP contribution in [0.2, 0.25) is 0 Å². The van der Waals surface area contributed by atoms with Gasteiger partial charge in [-0.15, -0.1) is 0 Å². The van der Waals surface area contributed by atoms with Gasteiger partial charge in [-0.3, -0.25) is 10.1 Å². The van der Waals surface area contributed by atoms with Crippen LogP contribution in [-0.2, 0) is 11.3 Å². The van der Waals surface area contributed by atoms with Gasteiger partial charge in [0.05, 0.1) is 0 Å². The van der Waals surface area contributed by atoms with E-state index in [-0.39, 0.29) is 5.92 Å². The third-order valence-corrected chi connectivity index (χ3v) is 3.45. The van der Waals surface area contributed by atoms with Crippen molar-refractivity contribution in [2.45, 2.75) is 38.0 Å². The monoisotopic (exact) mass is 269 g/mol. The van der Waals surface area contributed by atoms with Gasteiger partial charge in [-0.25, -0.2) is 9.97 Å². The first-order valence-electron chi connectivity index (χ1n) is 5.89. The molecule has 6 heteroatoms. The zero-order chi connectivity index (χ0) is 13.5. The summed E-state index contributed by atoms with van der Waals surface area (Å²) in [6, 6.07) is -0.532. The predicted octanol–water partition coefficient (Wildman–Crippen LogP) is 1.79. The van der Waals surface area contributed by atoms with Crippen LogP contribution in [0.15, 0.2) is 17.6 Å². The standard InChI is InChI=1S/C12H19N3O2S/c1-4-8(2)10(11(16)17)13-5-9-6-14-12(18-3)15-7-9/h6-8,10,13H,4-5H2,1-3H3,(H,16,17)/t8-,10-/m0/s1. The number of nitrogens with one attached hydrogen (secondary N) is 1. The maximum Gasteiger partial charge on any atom is 0.320 e. The summed E-state index contributed by atoms with van der Waals surface area (Å²) >= 11 is 1.48. The number of thioether (sulfide) groups is 1. The van der Waals surface area contributed by atoms with E-state index in [1.54, 1.807) is 12.4 Å². The van der Waals surface area contributed by atoms with Crippen LogP contribution in [0.5, 0.6) is 0 Å². The number of aromatic nitrogens is 2. The van der Waals surface area contributed by atoms with Crippen molar-refractivity contribution >= 4 is 17.7 Å². The zero-order valence-electron chi connectivity index (χ0n) is 10.9. The minimum atomic E-state index is -0.814. The van der Waals surface area contributed by atoms with Crippen molar-refractivity contribution in [2.75, 3.05) is 6.26 Å². The highest BCUT2D eigenvalue weighted by atomic mass is 32.2. The first-order valence-corrected chi connectivity index (χ1v) is 7.12. The van der Waals surface area contributed by atoms with Gasteiger partial charge in [0.25, 0.3) is 0 Å². The van der Waals surface area contributed by atoms with Gasteiger partial charge in [-0.2, -0.15) is 0 Å². The fraction of sp³-hybridized carbons (Fsp3) is 0.583. The van der Waals surface area contributed by atoms with E-state index in [2.05, 4.69) is 15.3 Å². The molecule has 18 heavy (non-hydrogen) atoms. The maximum absolute atomic E-state index is 11.1. The first-order chi connectivity index (χ1) is 8.58. The van der Waals surface area contributed by atoms with Gasteiger partial charge >= 0.3 is 5.97 Å². The smallest absolute Gasteiger partial charge is 0.320 e. The molecule has 2 N–H and O–H groups in total. The summed E-state index contributed by atoms with van der Waals surface area (Å²) in [6.45, 7) is 4.38. The zero-order valence-corrected chi connectivity index (χ0v) is 11.7. The maximum atomic E-state index is 11.1. The lowest BCUT2D eigenvalue weighted by atomic mass is 9.99. The van der Waals surface area contributed by atoms with Crippen molar-refractivity contribution in [1.82, 2.24) is 15.3 Å². The Morgan fingerprint density at radius 1 is 1.50 bits per heavy atom. The summed E-state index contributed by atoms with van der Waals surface area (Å²) in [5.74, 6) is -0.722. The quantitative estimate of drug-likeness (QED) is 0.580. The number of hydrogen-bond donors (Lipinski definition) is 2. The molecule has 0 saturated carbocycles. The molecule has 0 spiro atoms. The highest BCUT2D eigenvalue weighted by Crippen LogP contribution is 2.10. The molecule has 5 nitrogen and oxygen atoms in total. The van der Waals surface area contributed by atoms with Crippen LogP contribution < -0.4 is 5.32 Å². The van der Waals surface area contributed by atoms with Gasteiger partial charge in [0, 0.05) is 24.5 Å². The number of hydrogen-bond acceptors (Lipinski definition) is 5. The molecule has 0 aromatic carbocycles. The van der Waals surface area contributed by atoms with Crippen LogP contribution in [-0.4, -0.2) is 33.3 Å². The summed E-state index contributed by atoms with van der Waals surface area (Å²) < 4.78 is 0. The topological polar surface area (TPSA) is 75.1 Å². The van der Waals surface area contributed by atoms with Crippen molar-refractivity contribution in [3.05, 3.63) is 18.0 Å². The molecule has 0 aliphatic heterocycles. The number of carboxylic acids is 1. The second-order valence-corrected chi connectivity index (χ2v) is 4.93. The third-order valence-electron chi connectivity index (χ3n) is 2.87. The van der Waals surface area contributed by atoms with E-state index < -0.39 is 12.0 Å². The highest BCUT2D eigenvalue weighted by Gasteiger charge is 2.22. The van der Waals surface area contributed by atoms with Gasteiger partial charge in [-0.1, -0.05) is 32.0 Å². The van der Waals surface area contributed by atoms with Crippen LogP contribution >= 0.6 is 11.8 Å². The van der Waals surface area contributed by atoms with Crippen molar-refractivity contribution in [3.8, 4) is 0 Å². The molecule has 1 aromatic rings. The van der Waals surface area contributed by atoms with E-state index in [1.807, 2.05) is 20.1 Å². The van der Waals surface area contributed by atoms with Gasteiger partial charge in [0.15, 0.2) is 5.16 Å². The van der Waals surface area contributed by atoms with Crippen LogP contribution in [0.1, 0.15) is 25.8 Å². The van der Waals surface area contributed by atoms with Gasteiger partial charge < -0.3 is 5.11 Å². The lowest BCUT2D eigenvalue weighted by Crippen LogP contribution is -2.41. The van der Waals surface area contributed by atoms with Crippen molar-refractivity contribution in [3.63, 3.8) is 0 Å². The molecule has 0 saturated heterocycles. The average molecular weight is 269 g/mol. The number of carbonyl (C=O) groups is 1. The largest absolute Gasteiger partial charge is 0.480 e. The first kappa shape index (κ1) is 14.9. The fourth-order valence-corrected chi connectivity index (χ4v) is 1.85. The average Bonchev–Trinajstić information content (AvgIpc) is 2.39. The summed E-state index contributed by atoms with van der Waals surface area (Å²) in [4.78, 5) is 19.4. The Morgan fingerprint density at radius 2 is 2.11 bits per heavy atom. The Kier molecular flexibility index (Phi) is 6.07. The summed E-state index contributed by atoms with van der Waals surface area (Å²) in [5, 5.41) is 12.9. The van der Waals surface area contributed by atoms with Crippen LogP contribution in [0.3, 0.4) is 0 Å². The second-order valence-electron chi connectivity index (χ2n) is 4.16. The van der Waals surface area contributed by atoms with Crippen LogP contribution in [0.4, 0.5) is 0 Å². The number of nitrogens with zero attached hydrogens (tertiary/aromatic N) is 2. The van der Waals surface area contributed by atoms with Gasteiger partial charge in [0.2, 0.25) is 0 Å². The van der Waals surface area contributed by atoms with E-state index in [1.165, 1.54) is 11.8 Å². The molecule has 0 aliphatic rings. The molecule has 0 unspecified atom stereocenters. The molecule has 0 aliphatic carbocycles. The van der Waals surface area contributed by atoms with E-state index >= 15 is 0 Å². The molecule has 0 bridgehead atoms. The Balaban J connectivity index is 2.58. The molecule has 1 heterocycles. The molecule has 100 valence electrons. The summed E-state index contributed by atoms with van der Waals surface area (Å²) in [6.07, 6.45) is 6.19. The fourth-order valence-electron chi connectivity index (χ4n) is 1.54. The van der Waals surface area contributed by atoms with Crippen molar-refractivity contribution in [2.24, 2.45) is 5.92 Å². The van der Waals surface area contributed by atoms with E-state index in [4.69, 9.17) is 5.11 Å². The third kappa shape index (κ3) is 4.27. The molecule has 0 fully saturated rings. The van der Waals surface area contributed by atoms with Crippen molar-refractivity contribution < 1.29 is 9.90 Å². The Bertz CT molecular complexity index is 383. The molecule has 0 amide bonds. The molecule has 1 rings (SSSR count). The van der Waals surface area contributed by atoms with Crippen LogP contribution in [0, 0.1) is 5.92 Å². The van der Waals surface area contributed by atoms with E-state index in [0.29, 0.717) is 6.54 Å². The number of rotatable bonds is 7.